The van der Waals surface area contributed by atoms with Crippen molar-refractivity contribution in [1.82, 2.24) is 9.55 Å². The van der Waals surface area contributed by atoms with E-state index >= 15 is 0 Å². The van der Waals surface area contributed by atoms with Crippen molar-refractivity contribution >= 4 is 17.4 Å². The van der Waals surface area contributed by atoms with Crippen molar-refractivity contribution in [3.8, 4) is 0 Å². The average Bonchev–Trinajstić information content (AvgIpc) is 2.14. The Morgan fingerprint density at radius 2 is 2.50 bits per heavy atom. The van der Waals surface area contributed by atoms with Crippen LogP contribution in [-0.2, 0) is 7.05 Å². The first kappa shape index (κ1) is 7.01. The van der Waals surface area contributed by atoms with E-state index in [2.05, 4.69) is 4.98 Å². The fourth-order valence-corrected chi connectivity index (χ4v) is 0.687. The Kier molecular flexibility index (Phi) is 1.58. The van der Waals surface area contributed by atoms with Gasteiger partial charge in [-0.25, -0.2) is 0 Å². The molecule has 1 aromatic rings. The van der Waals surface area contributed by atoms with Gasteiger partial charge in [-0.05, 0) is 9.91 Å². The quantitative estimate of drug-likeness (QED) is 0.456. The van der Waals surface area contributed by atoms with Crippen molar-refractivity contribution in [2.45, 2.75) is 0 Å². The normalized spacial score (nSPS) is 9.80. The Balaban J connectivity index is 3.17. The van der Waals surface area contributed by atoms with E-state index in [-0.39, 0.29) is 11.0 Å². The molecule has 5 nitrogen and oxygen atoms in total. The molecule has 0 spiro atoms. The molecule has 0 amide bonds. The van der Waals surface area contributed by atoms with Gasteiger partial charge >= 0.3 is 5.82 Å². The second kappa shape index (κ2) is 2.26. The van der Waals surface area contributed by atoms with Crippen LogP contribution in [0.3, 0.4) is 0 Å². The maximum absolute atomic E-state index is 10.1. The minimum atomic E-state index is -0.623. The highest BCUT2D eigenvalue weighted by atomic mass is 35.5. The zero-order chi connectivity index (χ0) is 7.72. The van der Waals surface area contributed by atoms with E-state index in [1.54, 1.807) is 7.05 Å². The summed E-state index contributed by atoms with van der Waals surface area (Å²) in [6, 6.07) is 0. The molecule has 1 aromatic heterocycles. The van der Waals surface area contributed by atoms with E-state index < -0.39 is 4.92 Å². The highest BCUT2D eigenvalue weighted by molar-refractivity contribution is 6.31. The first-order valence-electron chi connectivity index (χ1n) is 2.44. The Morgan fingerprint density at radius 1 is 1.90 bits per heavy atom. The molecule has 0 saturated heterocycles. The molecule has 0 radical (unpaired) electrons. The number of halogens is 1. The van der Waals surface area contributed by atoms with Crippen LogP contribution < -0.4 is 0 Å². The molecule has 0 aliphatic rings. The van der Waals surface area contributed by atoms with Crippen molar-refractivity contribution in [2.24, 2.45) is 7.05 Å². The number of aryl methyl sites for hydroxylation is 1. The van der Waals surface area contributed by atoms with Crippen molar-refractivity contribution in [1.29, 1.82) is 0 Å². The van der Waals surface area contributed by atoms with Crippen molar-refractivity contribution < 1.29 is 4.92 Å². The predicted octanol–water partition coefficient (Wildman–Crippen LogP) is 0.982. The molecule has 0 N–H and O–H groups in total. The van der Waals surface area contributed by atoms with E-state index in [0.717, 1.165) is 0 Å². The van der Waals surface area contributed by atoms with Gasteiger partial charge in [0.2, 0.25) is 11.5 Å². The van der Waals surface area contributed by atoms with Crippen LogP contribution in [0.2, 0.25) is 5.15 Å². The standard InChI is InChI=1S/C4H4ClN3O2/c1-7-2-6-4(3(7)5)8(9)10/h2H,1H3. The molecular weight excluding hydrogens is 158 g/mol. The van der Waals surface area contributed by atoms with Crippen LogP contribution in [0.25, 0.3) is 0 Å². The molecular formula is C4H4ClN3O2. The van der Waals surface area contributed by atoms with E-state index in [1.165, 1.54) is 10.9 Å². The molecule has 0 saturated carbocycles. The molecule has 1 heterocycles. The Labute approximate surface area is 61.4 Å². The zero-order valence-corrected chi connectivity index (χ0v) is 5.87. The van der Waals surface area contributed by atoms with Crippen molar-refractivity contribution in [3.63, 3.8) is 0 Å². The van der Waals surface area contributed by atoms with Crippen molar-refractivity contribution in [2.75, 3.05) is 0 Å². The van der Waals surface area contributed by atoms with E-state index in [4.69, 9.17) is 11.6 Å². The summed E-state index contributed by atoms with van der Waals surface area (Å²) in [7, 11) is 1.59. The highest BCUT2D eigenvalue weighted by Crippen LogP contribution is 2.19. The summed E-state index contributed by atoms with van der Waals surface area (Å²) in [6.45, 7) is 0. The lowest BCUT2D eigenvalue weighted by molar-refractivity contribution is -0.389. The van der Waals surface area contributed by atoms with Crippen LogP contribution >= 0.6 is 11.6 Å². The fourth-order valence-electron chi connectivity index (χ4n) is 0.525. The number of hydrogen-bond acceptors (Lipinski definition) is 3. The second-order valence-corrected chi connectivity index (χ2v) is 2.09. The SMILES string of the molecule is Cn1cnc([N+](=O)[O-])c1Cl. The zero-order valence-electron chi connectivity index (χ0n) is 5.11. The van der Waals surface area contributed by atoms with E-state index in [9.17, 15) is 10.1 Å². The number of nitrogens with zero attached hydrogens (tertiary/aromatic N) is 3. The summed E-state index contributed by atoms with van der Waals surface area (Å²) in [5, 5.41) is 10.1. The van der Waals surface area contributed by atoms with Crippen LogP contribution in [0, 0.1) is 10.1 Å². The minimum absolute atomic E-state index is 0.0463. The molecule has 0 unspecified atom stereocenters. The average molecular weight is 162 g/mol. The fraction of sp³-hybridized carbons (Fsp3) is 0.250. The van der Waals surface area contributed by atoms with Gasteiger partial charge in [0.25, 0.3) is 0 Å². The summed E-state index contributed by atoms with van der Waals surface area (Å²) < 4.78 is 1.37. The summed E-state index contributed by atoms with van der Waals surface area (Å²) in [6.07, 6.45) is 1.29. The number of rotatable bonds is 1. The van der Waals surface area contributed by atoms with Crippen molar-refractivity contribution in [3.05, 3.63) is 21.6 Å². The Morgan fingerprint density at radius 3 is 2.70 bits per heavy atom. The highest BCUT2D eigenvalue weighted by Gasteiger charge is 2.16. The Bertz CT molecular complexity index is 269. The summed E-state index contributed by atoms with van der Waals surface area (Å²) >= 11 is 5.46. The van der Waals surface area contributed by atoms with Gasteiger partial charge in [0.05, 0.1) is 0 Å². The van der Waals surface area contributed by atoms with Gasteiger partial charge in [-0.15, -0.1) is 0 Å². The van der Waals surface area contributed by atoms with Crippen LogP contribution in [0.1, 0.15) is 0 Å². The van der Waals surface area contributed by atoms with Gasteiger partial charge < -0.3 is 10.1 Å². The van der Waals surface area contributed by atoms with E-state index in [0.29, 0.717) is 0 Å². The number of nitro groups is 1. The summed E-state index contributed by atoms with van der Waals surface area (Å²) in [5.74, 6) is -0.302. The number of aromatic nitrogens is 2. The largest absolute Gasteiger partial charge is 0.401 e. The van der Waals surface area contributed by atoms with Crippen LogP contribution in [-0.4, -0.2) is 14.5 Å². The van der Waals surface area contributed by atoms with Gasteiger partial charge in [0.15, 0.2) is 0 Å². The molecule has 6 heteroatoms. The van der Waals surface area contributed by atoms with Gasteiger partial charge in [0.1, 0.15) is 0 Å². The first-order valence-corrected chi connectivity index (χ1v) is 2.82. The molecule has 1 rings (SSSR count). The number of imidazole rings is 1. The first-order chi connectivity index (χ1) is 4.63. The molecule has 0 aromatic carbocycles. The van der Waals surface area contributed by atoms with Crippen LogP contribution in [0.15, 0.2) is 6.33 Å². The lowest BCUT2D eigenvalue weighted by atomic mass is 10.8. The molecule has 0 fully saturated rings. The van der Waals surface area contributed by atoms with E-state index in [1.807, 2.05) is 0 Å². The minimum Gasteiger partial charge on any atom is -0.358 e. The second-order valence-electron chi connectivity index (χ2n) is 1.73. The molecule has 54 valence electrons. The smallest absolute Gasteiger partial charge is 0.358 e. The van der Waals surface area contributed by atoms with Gasteiger partial charge in [-0.3, -0.25) is 4.57 Å². The third-order valence-corrected chi connectivity index (χ3v) is 1.46. The molecule has 10 heavy (non-hydrogen) atoms. The van der Waals surface area contributed by atoms with Gasteiger partial charge in [-0.1, -0.05) is 11.6 Å². The predicted molar refractivity (Wildman–Crippen MR) is 34.9 cm³/mol. The maximum Gasteiger partial charge on any atom is 0.401 e. The molecule has 0 atom stereocenters. The number of hydrogen-bond donors (Lipinski definition) is 0. The molecule has 0 aliphatic carbocycles. The monoisotopic (exact) mass is 161 g/mol. The topological polar surface area (TPSA) is 61.0 Å². The maximum atomic E-state index is 10.1. The third-order valence-electron chi connectivity index (χ3n) is 1.02. The lowest BCUT2D eigenvalue weighted by Crippen LogP contribution is -1.89. The summed E-state index contributed by atoms with van der Waals surface area (Å²) in [4.78, 5) is 12.9. The van der Waals surface area contributed by atoms with Gasteiger partial charge in [0, 0.05) is 7.05 Å². The third kappa shape index (κ3) is 0.950. The van der Waals surface area contributed by atoms with Crippen LogP contribution in [0.5, 0.6) is 0 Å². The molecule has 0 aliphatic heterocycles. The Hall–Kier alpha value is -1.10. The lowest BCUT2D eigenvalue weighted by Gasteiger charge is -1.88. The van der Waals surface area contributed by atoms with Crippen LogP contribution in [0.4, 0.5) is 5.82 Å². The molecule has 0 bridgehead atoms. The van der Waals surface area contributed by atoms with Gasteiger partial charge in [-0.2, -0.15) is 0 Å². The summed E-state index contributed by atoms with van der Waals surface area (Å²) in [5.41, 5.74) is 0.